The van der Waals surface area contributed by atoms with Gasteiger partial charge in [-0.2, -0.15) is 16.3 Å². The molecule has 23 heavy (non-hydrogen) atoms. The Bertz CT molecular complexity index is 827. The van der Waals surface area contributed by atoms with Crippen molar-refractivity contribution in [1.82, 2.24) is 10.1 Å². The summed E-state index contributed by atoms with van der Waals surface area (Å²) < 4.78 is 10.2. The first-order valence-corrected chi connectivity index (χ1v) is 7.98. The van der Waals surface area contributed by atoms with Gasteiger partial charge in [-0.25, -0.2) is 4.79 Å². The van der Waals surface area contributed by atoms with E-state index in [1.165, 1.54) is 17.4 Å². The SMILES string of the molecule is O=C(/C=C/c1cccc(Cl)c1)OCc1noc(-c2ccsc2)n1. The highest BCUT2D eigenvalue weighted by Gasteiger charge is 2.10. The smallest absolute Gasteiger partial charge is 0.331 e. The highest BCUT2D eigenvalue weighted by Crippen LogP contribution is 2.20. The predicted octanol–water partition coefficient (Wildman–Crippen LogP) is 4.21. The fraction of sp³-hybridized carbons (Fsp3) is 0.0625. The molecule has 2 heterocycles. The number of hydrogen-bond donors (Lipinski definition) is 0. The first kappa shape index (κ1) is 15.5. The van der Waals surface area contributed by atoms with E-state index in [0.717, 1.165) is 11.1 Å². The van der Waals surface area contributed by atoms with Crippen LogP contribution < -0.4 is 0 Å². The molecule has 5 nitrogen and oxygen atoms in total. The van der Waals surface area contributed by atoms with Gasteiger partial charge >= 0.3 is 5.97 Å². The van der Waals surface area contributed by atoms with Crippen molar-refractivity contribution in [2.75, 3.05) is 0 Å². The van der Waals surface area contributed by atoms with Crippen molar-refractivity contribution in [3.05, 3.63) is 63.6 Å². The van der Waals surface area contributed by atoms with E-state index in [1.54, 1.807) is 24.3 Å². The Morgan fingerprint density at radius 2 is 2.30 bits per heavy atom. The predicted molar refractivity (Wildman–Crippen MR) is 87.9 cm³/mol. The number of halogens is 1. The molecule has 1 aromatic carbocycles. The Morgan fingerprint density at radius 1 is 1.39 bits per heavy atom. The zero-order valence-electron chi connectivity index (χ0n) is 11.8. The third-order valence-electron chi connectivity index (χ3n) is 2.84. The number of thiophene rings is 1. The zero-order valence-corrected chi connectivity index (χ0v) is 13.4. The number of rotatable bonds is 5. The summed E-state index contributed by atoms with van der Waals surface area (Å²) >= 11 is 7.41. The van der Waals surface area contributed by atoms with Crippen molar-refractivity contribution in [3.8, 4) is 11.5 Å². The molecule has 0 bridgehead atoms. The molecule has 0 unspecified atom stereocenters. The molecular formula is C16H11ClN2O3S. The minimum atomic E-state index is -0.494. The lowest BCUT2D eigenvalue weighted by atomic mass is 10.2. The molecule has 0 atom stereocenters. The summed E-state index contributed by atoms with van der Waals surface area (Å²) in [6.07, 6.45) is 2.95. The lowest BCUT2D eigenvalue weighted by Crippen LogP contribution is -2.01. The summed E-state index contributed by atoms with van der Waals surface area (Å²) in [7, 11) is 0. The van der Waals surface area contributed by atoms with Crippen molar-refractivity contribution >= 4 is 35.0 Å². The van der Waals surface area contributed by atoms with Gasteiger partial charge in [0.2, 0.25) is 5.82 Å². The number of nitrogens with zero attached hydrogens (tertiary/aromatic N) is 2. The molecule has 3 aromatic rings. The van der Waals surface area contributed by atoms with Crippen LogP contribution in [0.15, 0.2) is 51.7 Å². The standard InChI is InChI=1S/C16H11ClN2O3S/c17-13-3-1-2-11(8-13)4-5-15(20)21-9-14-18-16(22-19-14)12-6-7-23-10-12/h1-8,10H,9H2/b5-4+. The van der Waals surface area contributed by atoms with Crippen LogP contribution in [0.5, 0.6) is 0 Å². The normalized spacial score (nSPS) is 11.0. The van der Waals surface area contributed by atoms with Crippen LogP contribution in [0.1, 0.15) is 11.4 Å². The van der Waals surface area contributed by atoms with Gasteiger partial charge in [-0.1, -0.05) is 28.9 Å². The molecule has 7 heteroatoms. The van der Waals surface area contributed by atoms with Crippen LogP contribution in [0.3, 0.4) is 0 Å². The number of carbonyl (C=O) groups is 1. The van der Waals surface area contributed by atoms with E-state index in [1.807, 2.05) is 22.9 Å². The average Bonchev–Trinajstić information content (AvgIpc) is 3.22. The van der Waals surface area contributed by atoms with Gasteiger partial charge in [0.25, 0.3) is 5.89 Å². The van der Waals surface area contributed by atoms with Crippen LogP contribution in [0, 0.1) is 0 Å². The second-order valence-electron chi connectivity index (χ2n) is 4.52. The van der Waals surface area contributed by atoms with Crippen LogP contribution in [0.4, 0.5) is 0 Å². The van der Waals surface area contributed by atoms with Crippen LogP contribution in [0.25, 0.3) is 17.5 Å². The molecular weight excluding hydrogens is 336 g/mol. The Labute approximate surface area is 141 Å². The number of ether oxygens (including phenoxy) is 1. The van der Waals surface area contributed by atoms with Gasteiger partial charge in [0, 0.05) is 16.5 Å². The van der Waals surface area contributed by atoms with E-state index in [0.29, 0.717) is 16.7 Å². The van der Waals surface area contributed by atoms with E-state index >= 15 is 0 Å². The van der Waals surface area contributed by atoms with E-state index in [9.17, 15) is 4.79 Å². The molecule has 0 fully saturated rings. The summed E-state index contributed by atoms with van der Waals surface area (Å²) in [6, 6.07) is 9.03. The van der Waals surface area contributed by atoms with Crippen LogP contribution in [-0.4, -0.2) is 16.1 Å². The highest BCUT2D eigenvalue weighted by molar-refractivity contribution is 7.08. The molecule has 0 saturated heterocycles. The van der Waals surface area contributed by atoms with E-state index in [2.05, 4.69) is 10.1 Å². The van der Waals surface area contributed by atoms with Gasteiger partial charge in [-0.3, -0.25) is 0 Å². The number of hydrogen-bond acceptors (Lipinski definition) is 6. The highest BCUT2D eigenvalue weighted by atomic mass is 35.5. The monoisotopic (exact) mass is 346 g/mol. The largest absolute Gasteiger partial charge is 0.454 e. The number of carbonyl (C=O) groups excluding carboxylic acids is 1. The van der Waals surface area contributed by atoms with Crippen molar-refractivity contribution in [2.45, 2.75) is 6.61 Å². The van der Waals surface area contributed by atoms with Gasteiger partial charge < -0.3 is 9.26 Å². The van der Waals surface area contributed by atoms with E-state index < -0.39 is 5.97 Å². The molecule has 0 aliphatic rings. The lowest BCUT2D eigenvalue weighted by Gasteiger charge is -1.97. The minimum Gasteiger partial charge on any atom is -0.454 e. The Balaban J connectivity index is 1.55. The Morgan fingerprint density at radius 3 is 3.09 bits per heavy atom. The van der Waals surface area contributed by atoms with Gasteiger partial charge in [-0.15, -0.1) is 0 Å². The summed E-state index contributed by atoms with van der Waals surface area (Å²) in [5.74, 6) is 0.231. The summed E-state index contributed by atoms with van der Waals surface area (Å²) in [6.45, 7) is -0.0492. The van der Waals surface area contributed by atoms with Gasteiger partial charge in [-0.05, 0) is 35.2 Å². The molecule has 2 aromatic heterocycles. The fourth-order valence-electron chi connectivity index (χ4n) is 1.77. The number of benzene rings is 1. The molecule has 3 rings (SSSR count). The molecule has 0 radical (unpaired) electrons. The topological polar surface area (TPSA) is 65.2 Å². The van der Waals surface area contributed by atoms with Crippen molar-refractivity contribution in [3.63, 3.8) is 0 Å². The lowest BCUT2D eigenvalue weighted by molar-refractivity contribution is -0.139. The first-order chi connectivity index (χ1) is 11.2. The second kappa shape index (κ2) is 7.21. The van der Waals surface area contributed by atoms with Crippen molar-refractivity contribution < 1.29 is 14.1 Å². The fourth-order valence-corrected chi connectivity index (χ4v) is 2.60. The van der Waals surface area contributed by atoms with E-state index in [-0.39, 0.29) is 6.61 Å². The maximum Gasteiger partial charge on any atom is 0.331 e. The quantitative estimate of drug-likeness (QED) is 0.511. The molecule has 0 aliphatic heterocycles. The van der Waals surface area contributed by atoms with Gasteiger partial charge in [0.1, 0.15) is 0 Å². The average molecular weight is 347 g/mol. The summed E-state index contributed by atoms with van der Waals surface area (Å²) in [5.41, 5.74) is 1.66. The molecule has 116 valence electrons. The van der Waals surface area contributed by atoms with Crippen LogP contribution >= 0.6 is 22.9 Å². The summed E-state index contributed by atoms with van der Waals surface area (Å²) in [4.78, 5) is 15.8. The number of esters is 1. The zero-order chi connectivity index (χ0) is 16.1. The molecule has 0 spiro atoms. The molecule has 0 N–H and O–H groups in total. The van der Waals surface area contributed by atoms with Crippen molar-refractivity contribution in [2.24, 2.45) is 0 Å². The van der Waals surface area contributed by atoms with Gasteiger partial charge in [0.05, 0.1) is 5.56 Å². The molecule has 0 saturated carbocycles. The summed E-state index contributed by atoms with van der Waals surface area (Å²) in [5, 5.41) is 8.20. The van der Waals surface area contributed by atoms with Gasteiger partial charge in [0.15, 0.2) is 6.61 Å². The van der Waals surface area contributed by atoms with Crippen LogP contribution in [-0.2, 0) is 16.1 Å². The third-order valence-corrected chi connectivity index (χ3v) is 3.76. The molecule has 0 amide bonds. The Kier molecular flexibility index (Phi) is 4.85. The number of aromatic nitrogens is 2. The maximum absolute atomic E-state index is 11.7. The third kappa shape index (κ3) is 4.28. The van der Waals surface area contributed by atoms with Crippen molar-refractivity contribution in [1.29, 1.82) is 0 Å². The van der Waals surface area contributed by atoms with E-state index in [4.69, 9.17) is 20.9 Å². The minimum absolute atomic E-state index is 0.0492. The second-order valence-corrected chi connectivity index (χ2v) is 5.74. The first-order valence-electron chi connectivity index (χ1n) is 6.66. The maximum atomic E-state index is 11.7. The molecule has 0 aliphatic carbocycles. The van der Waals surface area contributed by atoms with Crippen LogP contribution in [0.2, 0.25) is 5.02 Å². The Hall–Kier alpha value is -2.44.